The number of nitro groups is 1. The van der Waals surface area contributed by atoms with Crippen LogP contribution in [0.3, 0.4) is 0 Å². The Balaban J connectivity index is 0.000000460. The molecule has 0 saturated carbocycles. The van der Waals surface area contributed by atoms with Crippen molar-refractivity contribution in [3.8, 4) is 0 Å². The van der Waals surface area contributed by atoms with Crippen molar-refractivity contribution in [2.45, 2.75) is 58.9 Å². The average Bonchev–Trinajstić information content (AvgIpc) is 2.45. The van der Waals surface area contributed by atoms with Crippen LogP contribution in [0.4, 0.5) is 0 Å². The van der Waals surface area contributed by atoms with Crippen LogP contribution >= 0.6 is 0 Å². The van der Waals surface area contributed by atoms with Crippen molar-refractivity contribution in [2.75, 3.05) is 13.2 Å². The maximum Gasteiger partial charge on any atom is 0.333 e. The third-order valence-electron chi connectivity index (χ3n) is 3.66. The monoisotopic (exact) mass is 329 g/mol. The largest absolute Gasteiger partial charge is 0.465 e. The molecule has 2 fully saturated rings. The first-order valence-electron chi connectivity index (χ1n) is 7.40. The van der Waals surface area contributed by atoms with Gasteiger partial charge in [0.2, 0.25) is 5.54 Å². The fourth-order valence-corrected chi connectivity index (χ4v) is 2.26. The van der Waals surface area contributed by atoms with E-state index in [0.717, 1.165) is 19.3 Å². The highest BCUT2D eigenvalue weighted by Gasteiger charge is 2.38. The van der Waals surface area contributed by atoms with E-state index in [2.05, 4.69) is 11.3 Å². The second-order valence-electron chi connectivity index (χ2n) is 6.12. The molecule has 1 unspecified atom stereocenters. The molecule has 0 aliphatic carbocycles. The molecule has 0 aromatic heterocycles. The minimum atomic E-state index is -1.04. The summed E-state index contributed by atoms with van der Waals surface area (Å²) in [6, 6.07) is 0. The molecule has 7 nitrogen and oxygen atoms in total. The van der Waals surface area contributed by atoms with Crippen molar-refractivity contribution in [3.63, 3.8) is 0 Å². The Labute approximate surface area is 137 Å². The zero-order chi connectivity index (χ0) is 16.8. The van der Waals surface area contributed by atoms with Crippen LogP contribution in [0.2, 0.25) is 0 Å². The van der Waals surface area contributed by atoms with Crippen LogP contribution in [-0.4, -0.2) is 35.6 Å². The summed E-state index contributed by atoms with van der Waals surface area (Å²) < 4.78 is 9.51. The Kier molecular flexibility index (Phi) is 8.50. The van der Waals surface area contributed by atoms with E-state index in [1.54, 1.807) is 0 Å². The van der Waals surface area contributed by atoms with Crippen LogP contribution in [-0.2, 0) is 19.1 Å². The van der Waals surface area contributed by atoms with E-state index >= 15 is 0 Å². The summed E-state index contributed by atoms with van der Waals surface area (Å²) in [5.41, 5.74) is -0.433. The number of hydrogen-bond donors (Lipinski definition) is 0. The predicted octanol–water partition coefficient (Wildman–Crippen LogP) is 2.90. The number of nitrogens with zero attached hydrogens (tertiary/aromatic N) is 1. The third kappa shape index (κ3) is 6.80. The molecule has 2 aliphatic rings. The highest BCUT2D eigenvalue weighted by Crippen LogP contribution is 2.26. The molecule has 0 bridgehead atoms. The van der Waals surface area contributed by atoms with Gasteiger partial charge in [-0.15, -0.1) is 0 Å². The van der Waals surface area contributed by atoms with Gasteiger partial charge in [-0.1, -0.05) is 14.0 Å². The SMILES string of the molecule is C.C=C1CCCOC1=O.CC(C)(CC1CCCOC1=O)[N+](=O)[O-]. The predicted molar refractivity (Wildman–Crippen MR) is 85.4 cm³/mol. The van der Waals surface area contributed by atoms with Gasteiger partial charge in [0.05, 0.1) is 19.1 Å². The summed E-state index contributed by atoms with van der Waals surface area (Å²) in [5.74, 6) is -0.813. The maximum atomic E-state index is 11.2. The molecule has 23 heavy (non-hydrogen) atoms. The smallest absolute Gasteiger partial charge is 0.333 e. The van der Waals surface area contributed by atoms with E-state index in [0.29, 0.717) is 25.2 Å². The molecule has 7 heteroatoms. The molecule has 0 radical (unpaired) electrons. The first kappa shape index (κ1) is 21.1. The summed E-state index contributed by atoms with van der Waals surface area (Å²) in [7, 11) is 0. The number of esters is 2. The summed E-state index contributed by atoms with van der Waals surface area (Å²) in [6.07, 6.45) is 3.52. The quantitative estimate of drug-likeness (QED) is 0.342. The van der Waals surface area contributed by atoms with Crippen LogP contribution in [0.25, 0.3) is 0 Å². The zero-order valence-electron chi connectivity index (χ0n) is 13.1. The Morgan fingerprint density at radius 2 is 1.87 bits per heavy atom. The Bertz CT molecular complexity index is 441. The molecule has 2 heterocycles. The van der Waals surface area contributed by atoms with Crippen LogP contribution < -0.4 is 0 Å². The highest BCUT2D eigenvalue weighted by molar-refractivity contribution is 5.88. The molecule has 0 aromatic rings. The fraction of sp³-hybridized carbons (Fsp3) is 0.750. The van der Waals surface area contributed by atoms with Gasteiger partial charge in [-0.3, -0.25) is 14.9 Å². The van der Waals surface area contributed by atoms with Crippen molar-refractivity contribution in [1.29, 1.82) is 0 Å². The van der Waals surface area contributed by atoms with E-state index in [1.165, 1.54) is 13.8 Å². The molecule has 0 spiro atoms. The summed E-state index contributed by atoms with van der Waals surface area (Å²) in [4.78, 5) is 32.0. The van der Waals surface area contributed by atoms with Gasteiger partial charge in [0.15, 0.2) is 0 Å². The van der Waals surface area contributed by atoms with E-state index < -0.39 is 5.54 Å². The minimum absolute atomic E-state index is 0. The average molecular weight is 329 g/mol. The fourth-order valence-electron chi connectivity index (χ4n) is 2.26. The van der Waals surface area contributed by atoms with Crippen molar-refractivity contribution < 1.29 is 24.0 Å². The topological polar surface area (TPSA) is 95.7 Å². The lowest BCUT2D eigenvalue weighted by molar-refractivity contribution is -0.562. The number of carbonyl (C=O) groups is 2. The molecule has 0 aromatic carbocycles. The van der Waals surface area contributed by atoms with Crippen molar-refractivity contribution in [1.82, 2.24) is 0 Å². The minimum Gasteiger partial charge on any atom is -0.465 e. The van der Waals surface area contributed by atoms with Gasteiger partial charge < -0.3 is 9.47 Å². The van der Waals surface area contributed by atoms with Gasteiger partial charge in [-0.05, 0) is 25.7 Å². The van der Waals surface area contributed by atoms with Gasteiger partial charge in [0.1, 0.15) is 0 Å². The molecule has 0 amide bonds. The molecule has 2 rings (SSSR count). The molecule has 2 saturated heterocycles. The highest BCUT2D eigenvalue weighted by atomic mass is 16.6. The first-order chi connectivity index (χ1) is 10.2. The second kappa shape index (κ2) is 9.27. The van der Waals surface area contributed by atoms with Gasteiger partial charge in [-0.2, -0.15) is 0 Å². The van der Waals surface area contributed by atoms with Crippen molar-refractivity contribution >= 4 is 11.9 Å². The third-order valence-corrected chi connectivity index (χ3v) is 3.66. The Morgan fingerprint density at radius 3 is 2.30 bits per heavy atom. The first-order valence-corrected chi connectivity index (χ1v) is 7.40. The lowest BCUT2D eigenvalue weighted by Crippen LogP contribution is -2.37. The lowest BCUT2D eigenvalue weighted by Gasteiger charge is -2.24. The molecule has 132 valence electrons. The summed E-state index contributed by atoms with van der Waals surface area (Å²) in [5, 5.41) is 10.7. The molecule has 1 atom stereocenters. The number of ether oxygens (including phenoxy) is 2. The van der Waals surface area contributed by atoms with Gasteiger partial charge >= 0.3 is 11.9 Å². The molecular formula is C16H27NO6. The maximum absolute atomic E-state index is 11.2. The van der Waals surface area contributed by atoms with Gasteiger partial charge in [-0.25, -0.2) is 4.79 Å². The van der Waals surface area contributed by atoms with Crippen molar-refractivity contribution in [3.05, 3.63) is 22.3 Å². The van der Waals surface area contributed by atoms with Gasteiger partial charge in [0, 0.05) is 30.8 Å². The lowest BCUT2D eigenvalue weighted by atomic mass is 9.87. The molecular weight excluding hydrogens is 302 g/mol. The summed E-state index contributed by atoms with van der Waals surface area (Å²) in [6.45, 7) is 7.61. The molecule has 2 aliphatic heterocycles. The molecule has 0 N–H and O–H groups in total. The number of hydrogen-bond acceptors (Lipinski definition) is 6. The Morgan fingerprint density at radius 1 is 1.26 bits per heavy atom. The van der Waals surface area contributed by atoms with Crippen LogP contribution in [0.15, 0.2) is 12.2 Å². The number of rotatable bonds is 3. The van der Waals surface area contributed by atoms with Crippen LogP contribution in [0.1, 0.15) is 53.4 Å². The van der Waals surface area contributed by atoms with Crippen LogP contribution in [0.5, 0.6) is 0 Å². The zero-order valence-corrected chi connectivity index (χ0v) is 13.1. The van der Waals surface area contributed by atoms with Crippen LogP contribution in [0, 0.1) is 16.0 Å². The Hall–Kier alpha value is -1.92. The van der Waals surface area contributed by atoms with E-state index in [1.807, 2.05) is 0 Å². The van der Waals surface area contributed by atoms with E-state index in [4.69, 9.17) is 4.74 Å². The second-order valence-corrected chi connectivity index (χ2v) is 6.12. The standard InChI is InChI=1S/C9H15NO4.C6H8O2.CH4/c1-9(2,10(12)13)6-7-4-3-5-14-8(7)11;1-5-3-2-4-8-6(5)7;/h7H,3-6H2,1-2H3;1-4H2;1H4. The van der Waals surface area contributed by atoms with E-state index in [-0.39, 0.29) is 36.6 Å². The number of carbonyl (C=O) groups excluding carboxylic acids is 2. The van der Waals surface area contributed by atoms with E-state index in [9.17, 15) is 19.7 Å². The van der Waals surface area contributed by atoms with Gasteiger partial charge in [0.25, 0.3) is 0 Å². The number of cyclic esters (lactones) is 2. The normalized spacial score (nSPS) is 21.1. The van der Waals surface area contributed by atoms with Crippen molar-refractivity contribution in [2.24, 2.45) is 5.92 Å². The summed E-state index contributed by atoms with van der Waals surface area (Å²) >= 11 is 0.